The summed E-state index contributed by atoms with van der Waals surface area (Å²) in [6.45, 7) is 3.22. The first-order valence-corrected chi connectivity index (χ1v) is 8.86. The lowest BCUT2D eigenvalue weighted by Crippen LogP contribution is -2.51. The molecule has 0 saturated carbocycles. The summed E-state index contributed by atoms with van der Waals surface area (Å²) in [6, 6.07) is 0. The van der Waals surface area contributed by atoms with Crippen molar-refractivity contribution in [1.82, 2.24) is 0 Å². The standard InChI is InChI=1S/C18H31N3O2/c1-2-3-4-5-6-7-8-9-10-11-17-20-13-15-21(17,14-12-19)16-18(22)23/h10-11,13,15H,2-9,12,14,16,19H2,1H3/p+1/b11-10+. The predicted molar refractivity (Wildman–Crippen MR) is 95.0 cm³/mol. The van der Waals surface area contributed by atoms with Gasteiger partial charge in [-0.15, -0.1) is 0 Å². The summed E-state index contributed by atoms with van der Waals surface area (Å²) in [5.41, 5.74) is 5.65. The second-order valence-electron chi connectivity index (χ2n) is 6.20. The maximum Gasteiger partial charge on any atom is 0.360 e. The number of carbonyl (C=O) groups is 1. The highest BCUT2D eigenvalue weighted by Crippen LogP contribution is 2.18. The Hall–Kier alpha value is -1.46. The maximum absolute atomic E-state index is 11.1. The average molecular weight is 322 g/mol. The van der Waals surface area contributed by atoms with Crippen LogP contribution in [0, 0.1) is 0 Å². The van der Waals surface area contributed by atoms with E-state index >= 15 is 0 Å². The number of carboxylic acids is 1. The first-order chi connectivity index (χ1) is 11.1. The zero-order chi connectivity index (χ0) is 17.0. The quantitative estimate of drug-likeness (QED) is 0.403. The summed E-state index contributed by atoms with van der Waals surface area (Å²) in [6.07, 6.45) is 17.7. The third-order valence-electron chi connectivity index (χ3n) is 4.20. The van der Waals surface area contributed by atoms with Crippen LogP contribution in [-0.4, -0.2) is 41.0 Å². The number of aliphatic carboxylic acids is 1. The Morgan fingerprint density at radius 1 is 1.26 bits per heavy atom. The Bertz CT molecular complexity index is 444. The van der Waals surface area contributed by atoms with E-state index in [1.54, 1.807) is 6.20 Å². The van der Waals surface area contributed by atoms with E-state index in [1.165, 1.54) is 44.9 Å². The van der Waals surface area contributed by atoms with Crippen molar-refractivity contribution < 1.29 is 14.4 Å². The Kier molecular flexibility index (Phi) is 9.48. The van der Waals surface area contributed by atoms with E-state index in [2.05, 4.69) is 18.0 Å². The van der Waals surface area contributed by atoms with Crippen LogP contribution in [-0.2, 0) is 4.79 Å². The second kappa shape index (κ2) is 11.1. The highest BCUT2D eigenvalue weighted by molar-refractivity contribution is 5.90. The largest absolute Gasteiger partial charge is 0.477 e. The first-order valence-electron chi connectivity index (χ1n) is 8.86. The van der Waals surface area contributed by atoms with E-state index < -0.39 is 5.97 Å². The fourth-order valence-electron chi connectivity index (χ4n) is 2.90. The summed E-state index contributed by atoms with van der Waals surface area (Å²) in [5.74, 6) is -0.0565. The molecule has 1 aliphatic heterocycles. The van der Waals surface area contributed by atoms with Crippen LogP contribution in [0.15, 0.2) is 29.5 Å². The number of aliphatic imine (C=N–C) groups is 1. The molecule has 0 aromatic heterocycles. The van der Waals surface area contributed by atoms with E-state index in [0.29, 0.717) is 13.1 Å². The third-order valence-corrected chi connectivity index (χ3v) is 4.20. The van der Waals surface area contributed by atoms with Crippen LogP contribution in [0.5, 0.6) is 0 Å². The molecule has 0 saturated heterocycles. The van der Waals surface area contributed by atoms with Crippen molar-refractivity contribution in [2.24, 2.45) is 10.7 Å². The lowest BCUT2D eigenvalue weighted by Gasteiger charge is -2.28. The zero-order valence-corrected chi connectivity index (χ0v) is 14.4. The Morgan fingerprint density at radius 3 is 2.61 bits per heavy atom. The molecule has 0 amide bonds. The van der Waals surface area contributed by atoms with Gasteiger partial charge in [0.1, 0.15) is 12.7 Å². The fourth-order valence-corrected chi connectivity index (χ4v) is 2.90. The van der Waals surface area contributed by atoms with Crippen LogP contribution in [0.2, 0.25) is 0 Å². The predicted octanol–water partition coefficient (Wildman–Crippen LogP) is 3.43. The summed E-state index contributed by atoms with van der Waals surface area (Å²) in [4.78, 5) is 15.5. The highest BCUT2D eigenvalue weighted by atomic mass is 16.4. The number of unbranched alkanes of at least 4 members (excludes halogenated alkanes) is 7. The lowest BCUT2D eigenvalue weighted by atomic mass is 10.1. The molecule has 23 heavy (non-hydrogen) atoms. The van der Waals surface area contributed by atoms with Crippen molar-refractivity contribution >= 4 is 11.8 Å². The van der Waals surface area contributed by atoms with Gasteiger partial charge in [-0.1, -0.05) is 51.5 Å². The molecule has 0 aliphatic carbocycles. The number of hydrogen-bond donors (Lipinski definition) is 2. The van der Waals surface area contributed by atoms with Crippen LogP contribution >= 0.6 is 0 Å². The fraction of sp³-hybridized carbons (Fsp3) is 0.667. The lowest BCUT2D eigenvalue weighted by molar-refractivity contribution is -0.775. The highest BCUT2D eigenvalue weighted by Gasteiger charge is 2.35. The van der Waals surface area contributed by atoms with E-state index in [4.69, 9.17) is 10.8 Å². The number of hydrogen-bond acceptors (Lipinski definition) is 3. The molecule has 1 unspecified atom stereocenters. The molecule has 0 radical (unpaired) electrons. The molecule has 1 heterocycles. The molecular weight excluding hydrogens is 290 g/mol. The maximum atomic E-state index is 11.1. The molecule has 5 heteroatoms. The van der Waals surface area contributed by atoms with Gasteiger partial charge in [0.2, 0.25) is 5.84 Å². The van der Waals surface area contributed by atoms with Crippen molar-refractivity contribution in [2.45, 2.75) is 58.3 Å². The number of amidine groups is 1. The Balaban J connectivity index is 2.35. The molecule has 0 aromatic rings. The molecule has 1 atom stereocenters. The van der Waals surface area contributed by atoms with E-state index in [9.17, 15) is 4.79 Å². The van der Waals surface area contributed by atoms with Crippen molar-refractivity contribution in [3.05, 3.63) is 24.6 Å². The Morgan fingerprint density at radius 2 is 1.96 bits per heavy atom. The molecular formula is C18H32N3O2+. The molecule has 130 valence electrons. The normalized spacial score (nSPS) is 20.3. The van der Waals surface area contributed by atoms with E-state index in [0.717, 1.165) is 12.3 Å². The van der Waals surface area contributed by atoms with Gasteiger partial charge in [-0.05, 0) is 12.8 Å². The van der Waals surface area contributed by atoms with Gasteiger partial charge in [0.05, 0.1) is 6.20 Å². The first kappa shape index (κ1) is 19.6. The SMILES string of the molecule is CCCCCCCCC/C=C/C1=NC=C[N+]1(CCN)CC(=O)O. The Labute approximate surface area is 140 Å². The van der Waals surface area contributed by atoms with Gasteiger partial charge >= 0.3 is 5.97 Å². The van der Waals surface area contributed by atoms with Gasteiger partial charge in [0.25, 0.3) is 0 Å². The number of carboxylic acid groups (broad SMARTS) is 1. The minimum atomic E-state index is -0.835. The van der Waals surface area contributed by atoms with Crippen molar-refractivity contribution in [1.29, 1.82) is 0 Å². The van der Waals surface area contributed by atoms with E-state index in [1.807, 2.05) is 12.3 Å². The van der Waals surface area contributed by atoms with Crippen LogP contribution in [0.25, 0.3) is 0 Å². The van der Waals surface area contributed by atoms with Gasteiger partial charge in [0, 0.05) is 12.6 Å². The smallest absolute Gasteiger partial charge is 0.360 e. The molecule has 0 aromatic carbocycles. The number of nitrogens with zero attached hydrogens (tertiary/aromatic N) is 2. The number of rotatable bonds is 13. The van der Waals surface area contributed by atoms with Gasteiger partial charge in [-0.2, -0.15) is 4.99 Å². The summed E-state index contributed by atoms with van der Waals surface area (Å²) >= 11 is 0. The summed E-state index contributed by atoms with van der Waals surface area (Å²) in [7, 11) is 0. The average Bonchev–Trinajstić information content (AvgIpc) is 2.87. The second-order valence-corrected chi connectivity index (χ2v) is 6.20. The van der Waals surface area contributed by atoms with Crippen molar-refractivity contribution in [3.8, 4) is 0 Å². The topological polar surface area (TPSA) is 75.7 Å². The van der Waals surface area contributed by atoms with Crippen molar-refractivity contribution in [2.75, 3.05) is 19.6 Å². The number of quaternary nitrogens is 1. The van der Waals surface area contributed by atoms with Crippen molar-refractivity contribution in [3.63, 3.8) is 0 Å². The molecule has 0 fully saturated rings. The molecule has 5 nitrogen and oxygen atoms in total. The van der Waals surface area contributed by atoms with Gasteiger partial charge in [-0.25, -0.2) is 9.28 Å². The van der Waals surface area contributed by atoms with Crippen LogP contribution in [0.3, 0.4) is 0 Å². The molecule has 3 N–H and O–H groups in total. The third kappa shape index (κ3) is 7.10. The minimum absolute atomic E-state index is 0.00565. The monoisotopic (exact) mass is 322 g/mol. The van der Waals surface area contributed by atoms with Gasteiger partial charge in [-0.3, -0.25) is 0 Å². The van der Waals surface area contributed by atoms with E-state index in [-0.39, 0.29) is 11.0 Å². The van der Waals surface area contributed by atoms with Gasteiger partial charge < -0.3 is 10.8 Å². The van der Waals surface area contributed by atoms with Crippen LogP contribution in [0.4, 0.5) is 0 Å². The van der Waals surface area contributed by atoms with Crippen LogP contribution in [0.1, 0.15) is 58.3 Å². The molecule has 0 spiro atoms. The molecule has 1 rings (SSSR count). The summed E-state index contributed by atoms with van der Waals surface area (Å²) in [5, 5.41) is 9.14. The molecule has 0 bridgehead atoms. The zero-order valence-electron chi connectivity index (χ0n) is 14.4. The van der Waals surface area contributed by atoms with Gasteiger partial charge in [0.15, 0.2) is 6.54 Å². The minimum Gasteiger partial charge on any atom is -0.477 e. The molecule has 1 aliphatic rings. The summed E-state index contributed by atoms with van der Waals surface area (Å²) < 4.78 is 0.222. The van der Waals surface area contributed by atoms with Crippen LogP contribution < -0.4 is 5.73 Å². The number of nitrogens with two attached hydrogens (primary N) is 1. The number of allylic oxidation sites excluding steroid dienone is 1.